The van der Waals surface area contributed by atoms with E-state index in [2.05, 4.69) is 0 Å². The number of primary amides is 1. The zero-order valence-corrected chi connectivity index (χ0v) is 15.3. The lowest BCUT2D eigenvalue weighted by Gasteiger charge is -2.18. The fourth-order valence-corrected chi connectivity index (χ4v) is 4.19. The van der Waals surface area contributed by atoms with Gasteiger partial charge in [-0.3, -0.25) is 14.5 Å². The quantitative estimate of drug-likeness (QED) is 0.651. The zero-order chi connectivity index (χ0) is 19.6. The first-order valence-corrected chi connectivity index (χ1v) is 9.04. The molecule has 0 spiro atoms. The Labute approximate surface area is 160 Å². The Morgan fingerprint density at radius 2 is 2.00 bits per heavy atom. The molecule has 7 heteroatoms. The van der Waals surface area contributed by atoms with Crippen LogP contribution in [0.4, 0.5) is 10.1 Å². The maximum atomic E-state index is 13.3. The van der Waals surface area contributed by atoms with Gasteiger partial charge in [-0.2, -0.15) is 5.26 Å². The number of amides is 2. The van der Waals surface area contributed by atoms with E-state index in [0.29, 0.717) is 12.1 Å². The molecule has 1 saturated heterocycles. The van der Waals surface area contributed by atoms with E-state index < -0.39 is 17.0 Å². The van der Waals surface area contributed by atoms with Crippen molar-refractivity contribution in [1.29, 1.82) is 5.26 Å². The number of carbonyl (C=O) groups excluding carboxylic acids is 2. The fraction of sp³-hybridized carbons (Fsp3) is 0.150. The number of aryl methyl sites for hydroxylation is 1. The van der Waals surface area contributed by atoms with Gasteiger partial charge in [-0.25, -0.2) is 4.39 Å². The van der Waals surface area contributed by atoms with Crippen molar-refractivity contribution >= 4 is 29.3 Å². The van der Waals surface area contributed by atoms with Crippen LogP contribution in [0.2, 0.25) is 0 Å². The number of carbonyl (C=O) groups is 2. The van der Waals surface area contributed by atoms with Crippen LogP contribution < -0.4 is 10.6 Å². The second kappa shape index (κ2) is 7.64. The number of nitrogens with two attached hydrogens (primary N) is 1. The molecule has 2 N–H and O–H groups in total. The number of anilines is 1. The lowest BCUT2D eigenvalue weighted by molar-refractivity contribution is -0.117. The molecule has 27 heavy (non-hydrogen) atoms. The molecular formula is C20H16FN3O2S. The molecule has 1 aliphatic rings. The number of nitrogens with zero attached hydrogens (tertiary/aromatic N) is 2. The highest BCUT2D eigenvalue weighted by molar-refractivity contribution is 8.05. The van der Waals surface area contributed by atoms with Crippen LogP contribution in [-0.2, 0) is 16.0 Å². The smallest absolute Gasteiger partial charge is 0.262 e. The molecule has 136 valence electrons. The van der Waals surface area contributed by atoms with Crippen LogP contribution in [0.15, 0.2) is 59.1 Å². The van der Waals surface area contributed by atoms with Gasteiger partial charge >= 0.3 is 0 Å². The van der Waals surface area contributed by atoms with E-state index in [1.54, 1.807) is 6.07 Å². The zero-order valence-electron chi connectivity index (χ0n) is 14.5. The van der Waals surface area contributed by atoms with Gasteiger partial charge in [-0.05, 0) is 43.2 Å². The van der Waals surface area contributed by atoms with E-state index in [1.807, 2.05) is 31.2 Å². The van der Waals surface area contributed by atoms with Gasteiger partial charge in [0, 0.05) is 5.69 Å². The highest BCUT2D eigenvalue weighted by atomic mass is 32.2. The van der Waals surface area contributed by atoms with Crippen LogP contribution in [0.5, 0.6) is 0 Å². The highest BCUT2D eigenvalue weighted by Crippen LogP contribution is 2.41. The van der Waals surface area contributed by atoms with Crippen LogP contribution >= 0.6 is 11.8 Å². The van der Waals surface area contributed by atoms with Crippen LogP contribution in [0.1, 0.15) is 11.1 Å². The third kappa shape index (κ3) is 3.86. The Hall–Kier alpha value is -3.11. The third-order valence-electron chi connectivity index (χ3n) is 4.11. The normalized spacial score (nSPS) is 18.3. The standard InChI is InChI=1S/C20H16FN3O2S/c1-12-3-2-4-13(9-12)10-17-19(26)24(15-7-5-14(21)6-8-15)20(27-17)16(11-22)18(23)25/h2-9,17H,10H2,1H3,(H2,23,25). The number of thioether (sulfide) groups is 1. The molecule has 1 fully saturated rings. The summed E-state index contributed by atoms with van der Waals surface area (Å²) in [6.07, 6.45) is 0.434. The van der Waals surface area contributed by atoms with Gasteiger partial charge in [-0.15, -0.1) is 0 Å². The topological polar surface area (TPSA) is 87.2 Å². The van der Waals surface area contributed by atoms with Crippen molar-refractivity contribution in [3.05, 3.63) is 76.1 Å². The van der Waals surface area contributed by atoms with Crippen LogP contribution in [-0.4, -0.2) is 17.1 Å². The summed E-state index contributed by atoms with van der Waals surface area (Å²) >= 11 is 1.13. The Morgan fingerprint density at radius 3 is 2.59 bits per heavy atom. The number of rotatable bonds is 4. The minimum absolute atomic E-state index is 0.180. The summed E-state index contributed by atoms with van der Waals surface area (Å²) in [5.74, 6) is -1.64. The van der Waals surface area contributed by atoms with E-state index in [-0.39, 0.29) is 16.5 Å². The maximum absolute atomic E-state index is 13.3. The van der Waals surface area contributed by atoms with Crippen LogP contribution in [0.3, 0.4) is 0 Å². The van der Waals surface area contributed by atoms with Gasteiger partial charge < -0.3 is 5.73 Å². The first kappa shape index (κ1) is 18.7. The molecule has 5 nitrogen and oxygen atoms in total. The Bertz CT molecular complexity index is 979. The van der Waals surface area contributed by atoms with Crippen molar-refractivity contribution in [3.8, 4) is 6.07 Å². The minimum Gasteiger partial charge on any atom is -0.365 e. The molecule has 0 saturated carbocycles. The molecule has 0 aliphatic carbocycles. The van der Waals surface area contributed by atoms with Crippen molar-refractivity contribution in [2.45, 2.75) is 18.6 Å². The van der Waals surface area contributed by atoms with Crippen molar-refractivity contribution in [2.24, 2.45) is 5.73 Å². The van der Waals surface area contributed by atoms with Crippen molar-refractivity contribution < 1.29 is 14.0 Å². The summed E-state index contributed by atoms with van der Waals surface area (Å²) in [4.78, 5) is 26.0. The Kier molecular flexibility index (Phi) is 5.28. The van der Waals surface area contributed by atoms with Crippen molar-refractivity contribution in [2.75, 3.05) is 4.90 Å². The lowest BCUT2D eigenvalue weighted by atomic mass is 10.1. The first-order valence-electron chi connectivity index (χ1n) is 8.16. The van der Waals surface area contributed by atoms with Crippen molar-refractivity contribution in [1.82, 2.24) is 0 Å². The van der Waals surface area contributed by atoms with E-state index in [0.717, 1.165) is 22.9 Å². The number of hydrogen-bond donors (Lipinski definition) is 1. The molecule has 0 bridgehead atoms. The number of halogens is 1. The monoisotopic (exact) mass is 381 g/mol. The highest BCUT2D eigenvalue weighted by Gasteiger charge is 2.40. The molecule has 1 aliphatic heterocycles. The minimum atomic E-state index is -0.906. The van der Waals surface area contributed by atoms with E-state index >= 15 is 0 Å². The summed E-state index contributed by atoms with van der Waals surface area (Å²) < 4.78 is 13.3. The SMILES string of the molecule is Cc1cccc(CC2SC(=C(C#N)C(N)=O)N(c3ccc(F)cc3)C2=O)c1. The maximum Gasteiger partial charge on any atom is 0.262 e. The van der Waals surface area contributed by atoms with Gasteiger partial charge in [0.05, 0.1) is 5.25 Å². The average molecular weight is 381 g/mol. The molecule has 2 amide bonds. The summed E-state index contributed by atoms with van der Waals surface area (Å²) in [5.41, 5.74) is 7.46. The molecule has 2 aromatic carbocycles. The second-order valence-electron chi connectivity index (χ2n) is 6.11. The summed E-state index contributed by atoms with van der Waals surface area (Å²) in [6, 6.07) is 14.9. The fourth-order valence-electron chi connectivity index (χ4n) is 2.88. The summed E-state index contributed by atoms with van der Waals surface area (Å²) in [6.45, 7) is 1.96. The van der Waals surface area contributed by atoms with Crippen LogP contribution in [0.25, 0.3) is 0 Å². The molecule has 0 radical (unpaired) electrons. The predicted octanol–water partition coefficient (Wildman–Crippen LogP) is 3.05. The van der Waals surface area contributed by atoms with Gasteiger partial charge in [0.1, 0.15) is 22.5 Å². The Balaban J connectivity index is 2.03. The molecule has 0 aromatic heterocycles. The molecular weight excluding hydrogens is 365 g/mol. The summed E-state index contributed by atoms with van der Waals surface area (Å²) in [5, 5.41) is 9.01. The van der Waals surface area contributed by atoms with Gasteiger partial charge in [0.2, 0.25) is 5.91 Å². The Morgan fingerprint density at radius 1 is 1.30 bits per heavy atom. The van der Waals surface area contributed by atoms with Gasteiger partial charge in [0.25, 0.3) is 5.91 Å². The van der Waals surface area contributed by atoms with Gasteiger partial charge in [-0.1, -0.05) is 41.6 Å². The molecule has 1 atom stereocenters. The summed E-state index contributed by atoms with van der Waals surface area (Å²) in [7, 11) is 0. The number of nitriles is 1. The lowest BCUT2D eigenvalue weighted by Crippen LogP contribution is -2.31. The number of hydrogen-bond acceptors (Lipinski definition) is 4. The molecule has 3 rings (SSSR count). The van der Waals surface area contributed by atoms with Crippen LogP contribution in [0, 0.1) is 24.1 Å². The van der Waals surface area contributed by atoms with E-state index in [9.17, 15) is 19.2 Å². The van der Waals surface area contributed by atoms with Crippen molar-refractivity contribution in [3.63, 3.8) is 0 Å². The van der Waals surface area contributed by atoms with Gasteiger partial charge in [0.15, 0.2) is 0 Å². The first-order chi connectivity index (χ1) is 12.9. The average Bonchev–Trinajstić information content (AvgIpc) is 2.92. The molecule has 1 unspecified atom stereocenters. The second-order valence-corrected chi connectivity index (χ2v) is 7.30. The number of benzene rings is 2. The third-order valence-corrected chi connectivity index (χ3v) is 5.38. The molecule has 1 heterocycles. The van der Waals surface area contributed by atoms with E-state index in [4.69, 9.17) is 5.73 Å². The predicted molar refractivity (Wildman–Crippen MR) is 102 cm³/mol. The molecule has 2 aromatic rings. The largest absolute Gasteiger partial charge is 0.365 e. The van der Waals surface area contributed by atoms with E-state index in [1.165, 1.54) is 29.2 Å².